The first kappa shape index (κ1) is 27.7. The molecule has 1 unspecified atom stereocenters. The van der Waals surface area contributed by atoms with Crippen LogP contribution in [0.4, 0.5) is 0 Å². The highest BCUT2D eigenvalue weighted by Crippen LogP contribution is 2.28. The molecule has 3 rings (SSSR count). The molecule has 0 saturated heterocycles. The fourth-order valence-corrected chi connectivity index (χ4v) is 4.08. The highest BCUT2D eigenvalue weighted by atomic mass is 16.5. The predicted molar refractivity (Wildman–Crippen MR) is 143 cm³/mol. The number of β-amino-alcohol motifs (C(OH)–C–C–N with tert-alkyl or cyclic N) is 1. The third-order valence-electron chi connectivity index (χ3n) is 6.26. The maximum absolute atomic E-state index is 11.1. The zero-order chi connectivity index (χ0) is 26.8. The molecular formula is C30H34N2O5. The van der Waals surface area contributed by atoms with Crippen molar-refractivity contribution in [2.75, 3.05) is 20.3 Å². The quantitative estimate of drug-likeness (QED) is 0.299. The molecule has 7 heteroatoms. The highest BCUT2D eigenvalue weighted by molar-refractivity contribution is 5.88. The molecule has 3 N–H and O–H groups in total. The van der Waals surface area contributed by atoms with E-state index in [9.17, 15) is 15.2 Å². The van der Waals surface area contributed by atoms with Gasteiger partial charge in [0.05, 0.1) is 18.2 Å². The molecule has 194 valence electrons. The second-order valence-electron chi connectivity index (χ2n) is 9.60. The Labute approximate surface area is 218 Å². The largest absolute Gasteiger partial charge is 0.496 e. The van der Waals surface area contributed by atoms with Crippen LogP contribution >= 0.6 is 0 Å². The van der Waals surface area contributed by atoms with E-state index in [1.54, 1.807) is 37.4 Å². The number of carboxylic acids is 1. The van der Waals surface area contributed by atoms with Gasteiger partial charge in [0, 0.05) is 12.1 Å². The topological polar surface area (TPSA) is 112 Å². The van der Waals surface area contributed by atoms with Crippen molar-refractivity contribution in [2.45, 2.75) is 44.8 Å². The normalized spacial score (nSPS) is 12.0. The minimum absolute atomic E-state index is 0.0282. The number of carboxylic acid groups (broad SMARTS) is 1. The minimum Gasteiger partial charge on any atom is -0.496 e. The molecule has 0 spiro atoms. The Bertz CT molecular complexity index is 1230. The first-order chi connectivity index (χ1) is 17.7. The van der Waals surface area contributed by atoms with Crippen molar-refractivity contribution in [2.24, 2.45) is 0 Å². The summed E-state index contributed by atoms with van der Waals surface area (Å²) in [5, 5.41) is 32.5. The fourth-order valence-electron chi connectivity index (χ4n) is 4.08. The minimum atomic E-state index is -0.988. The van der Waals surface area contributed by atoms with Gasteiger partial charge >= 0.3 is 5.97 Å². The van der Waals surface area contributed by atoms with E-state index < -0.39 is 12.1 Å². The lowest BCUT2D eigenvalue weighted by Crippen LogP contribution is -2.44. The van der Waals surface area contributed by atoms with Gasteiger partial charge < -0.3 is 25.0 Å². The summed E-state index contributed by atoms with van der Waals surface area (Å²) in [5.41, 5.74) is 3.16. The lowest BCUT2D eigenvalue weighted by atomic mass is 9.95. The highest BCUT2D eigenvalue weighted by Gasteiger charge is 2.19. The Morgan fingerprint density at radius 2 is 1.76 bits per heavy atom. The molecule has 0 heterocycles. The lowest BCUT2D eigenvalue weighted by molar-refractivity contribution is 0.0697. The van der Waals surface area contributed by atoms with Crippen molar-refractivity contribution < 1.29 is 24.5 Å². The number of benzene rings is 3. The zero-order valence-electron chi connectivity index (χ0n) is 21.5. The van der Waals surface area contributed by atoms with Gasteiger partial charge in [0.15, 0.2) is 0 Å². The summed E-state index contributed by atoms with van der Waals surface area (Å²) in [5.74, 6) is 0.286. The molecule has 3 aromatic rings. The number of carbonyl (C=O) groups is 1. The third kappa shape index (κ3) is 8.07. The number of ether oxygens (including phenoxy) is 2. The van der Waals surface area contributed by atoms with Gasteiger partial charge in [-0.25, -0.2) is 4.79 Å². The molecule has 0 radical (unpaired) electrons. The van der Waals surface area contributed by atoms with Crippen LogP contribution in [0.1, 0.15) is 48.2 Å². The molecule has 37 heavy (non-hydrogen) atoms. The average molecular weight is 503 g/mol. The average Bonchev–Trinajstić information content (AvgIpc) is 2.90. The van der Waals surface area contributed by atoms with Gasteiger partial charge in [-0.05, 0) is 80.1 Å². The first-order valence-electron chi connectivity index (χ1n) is 12.3. The Balaban J connectivity index is 1.52. The van der Waals surface area contributed by atoms with Crippen molar-refractivity contribution in [3.8, 4) is 28.7 Å². The van der Waals surface area contributed by atoms with Crippen LogP contribution in [0.3, 0.4) is 0 Å². The molecule has 0 bridgehead atoms. The van der Waals surface area contributed by atoms with Crippen LogP contribution in [0.25, 0.3) is 11.1 Å². The molecule has 0 aliphatic heterocycles. The van der Waals surface area contributed by atoms with Gasteiger partial charge in [0.25, 0.3) is 0 Å². The number of aliphatic hydroxyl groups is 1. The van der Waals surface area contributed by atoms with Crippen LogP contribution in [-0.2, 0) is 6.42 Å². The molecule has 3 aromatic carbocycles. The SMILES string of the molecule is COc1ccccc1CCCC(C)(C)NCC(O)COc1cc(-c2ccc(C(=O)O)cc2)ccc1C#N. The van der Waals surface area contributed by atoms with Gasteiger partial charge in [-0.1, -0.05) is 36.4 Å². The number of nitriles is 1. The van der Waals surface area contributed by atoms with Crippen LogP contribution in [0.2, 0.25) is 0 Å². The number of hydrogen-bond donors (Lipinski definition) is 3. The Kier molecular flexibility index (Phi) is 9.67. The zero-order valence-corrected chi connectivity index (χ0v) is 21.5. The molecule has 0 aliphatic rings. The Morgan fingerprint density at radius 3 is 2.43 bits per heavy atom. The molecule has 0 fully saturated rings. The monoisotopic (exact) mass is 502 g/mol. The van der Waals surface area contributed by atoms with Crippen molar-refractivity contribution >= 4 is 5.97 Å². The van der Waals surface area contributed by atoms with E-state index in [0.717, 1.165) is 36.1 Å². The Morgan fingerprint density at radius 1 is 1.05 bits per heavy atom. The number of aromatic carboxylic acids is 1. The summed E-state index contributed by atoms with van der Waals surface area (Å²) in [6.45, 7) is 4.59. The maximum atomic E-state index is 11.1. The maximum Gasteiger partial charge on any atom is 0.335 e. The second kappa shape index (κ2) is 12.9. The number of nitrogens with one attached hydrogen (secondary N) is 1. The van der Waals surface area contributed by atoms with Crippen LogP contribution in [-0.4, -0.2) is 48.1 Å². The van der Waals surface area contributed by atoms with Gasteiger partial charge in [-0.3, -0.25) is 0 Å². The summed E-state index contributed by atoms with van der Waals surface area (Å²) < 4.78 is 11.3. The Hall–Kier alpha value is -3.86. The van der Waals surface area contributed by atoms with Gasteiger partial charge in [0.2, 0.25) is 0 Å². The molecule has 0 saturated carbocycles. The molecule has 0 amide bonds. The van der Waals surface area contributed by atoms with E-state index >= 15 is 0 Å². The smallest absolute Gasteiger partial charge is 0.335 e. The fraction of sp³-hybridized carbons (Fsp3) is 0.333. The van der Waals surface area contributed by atoms with Crippen molar-refractivity contribution in [1.82, 2.24) is 5.32 Å². The molecule has 1 atom stereocenters. The molecule has 0 aromatic heterocycles. The number of methoxy groups -OCH3 is 1. The van der Waals surface area contributed by atoms with Gasteiger partial charge in [-0.2, -0.15) is 5.26 Å². The predicted octanol–water partition coefficient (Wildman–Crippen LogP) is 5.06. The first-order valence-corrected chi connectivity index (χ1v) is 12.3. The van der Waals surface area contributed by atoms with E-state index in [0.29, 0.717) is 17.9 Å². The number of para-hydroxylation sites is 1. The van der Waals surface area contributed by atoms with E-state index in [1.807, 2.05) is 18.2 Å². The lowest BCUT2D eigenvalue weighted by Gasteiger charge is -2.28. The number of hydrogen-bond acceptors (Lipinski definition) is 6. The van der Waals surface area contributed by atoms with Crippen LogP contribution in [0.5, 0.6) is 11.5 Å². The van der Waals surface area contributed by atoms with Gasteiger partial charge in [0.1, 0.15) is 30.3 Å². The van der Waals surface area contributed by atoms with Gasteiger partial charge in [-0.15, -0.1) is 0 Å². The van der Waals surface area contributed by atoms with E-state index in [2.05, 4.69) is 31.3 Å². The number of rotatable bonds is 13. The van der Waals surface area contributed by atoms with Crippen LogP contribution < -0.4 is 14.8 Å². The summed E-state index contributed by atoms with van der Waals surface area (Å²) in [6.07, 6.45) is 2.03. The van der Waals surface area contributed by atoms with Crippen LogP contribution in [0, 0.1) is 11.3 Å². The summed E-state index contributed by atoms with van der Waals surface area (Å²) in [6, 6.07) is 21.8. The summed E-state index contributed by atoms with van der Waals surface area (Å²) in [7, 11) is 1.68. The number of aliphatic hydroxyl groups excluding tert-OH is 1. The summed E-state index contributed by atoms with van der Waals surface area (Å²) >= 11 is 0. The molecular weight excluding hydrogens is 468 g/mol. The standard InChI is InChI=1S/C30H34N2O5/c1-30(2,16-6-8-22-7-4-5-9-27(22)36-3)32-19-26(33)20-37-28-17-24(14-15-25(28)18-31)21-10-12-23(13-11-21)29(34)35/h4-5,7,9-15,17,26,32-33H,6,8,16,19-20H2,1-3H3,(H,34,35). The van der Waals surface area contributed by atoms with E-state index in [1.165, 1.54) is 17.7 Å². The van der Waals surface area contributed by atoms with Crippen molar-refractivity contribution in [3.05, 3.63) is 83.4 Å². The van der Waals surface area contributed by atoms with Crippen molar-refractivity contribution in [3.63, 3.8) is 0 Å². The number of nitrogens with zero attached hydrogens (tertiary/aromatic N) is 1. The summed E-state index contributed by atoms with van der Waals surface area (Å²) in [4.78, 5) is 11.1. The van der Waals surface area contributed by atoms with E-state index in [-0.39, 0.29) is 17.7 Å². The van der Waals surface area contributed by atoms with E-state index in [4.69, 9.17) is 14.6 Å². The van der Waals surface area contributed by atoms with Crippen molar-refractivity contribution in [1.29, 1.82) is 5.26 Å². The second-order valence-corrected chi connectivity index (χ2v) is 9.60. The third-order valence-corrected chi connectivity index (χ3v) is 6.26. The number of aryl methyl sites for hydroxylation is 1. The molecule has 7 nitrogen and oxygen atoms in total. The molecule has 0 aliphatic carbocycles. The van der Waals surface area contributed by atoms with Crippen LogP contribution in [0.15, 0.2) is 66.7 Å².